The van der Waals surface area contributed by atoms with Gasteiger partial charge in [0.25, 0.3) is 5.56 Å². The zero-order chi connectivity index (χ0) is 13.8. The Balaban J connectivity index is 2.73. The number of aryl methyl sites for hydroxylation is 1. The number of aromatic amines is 1. The maximum absolute atomic E-state index is 11.3. The molecule has 5 nitrogen and oxygen atoms in total. The first kappa shape index (κ1) is 14.7. The number of H-pyrrole nitrogens is 1. The summed E-state index contributed by atoms with van der Waals surface area (Å²) in [6.45, 7) is 5.66. The van der Waals surface area contributed by atoms with Gasteiger partial charge in [0.15, 0.2) is 5.16 Å². The summed E-state index contributed by atoms with van der Waals surface area (Å²) in [5.74, 6) is 0. The van der Waals surface area contributed by atoms with Crippen molar-refractivity contribution in [3.8, 4) is 6.07 Å². The molecule has 6 heteroatoms. The summed E-state index contributed by atoms with van der Waals surface area (Å²) in [4.78, 5) is 18.3. The molecule has 2 unspecified atom stereocenters. The van der Waals surface area contributed by atoms with Gasteiger partial charge in [0.1, 0.15) is 5.54 Å². The average Bonchev–Trinajstić information content (AvgIpc) is 2.27. The smallest absolute Gasteiger partial charge is 0.251 e. The summed E-state index contributed by atoms with van der Waals surface area (Å²) >= 11 is 1.47. The second-order valence-electron chi connectivity index (χ2n) is 4.52. The van der Waals surface area contributed by atoms with Crippen LogP contribution in [0.4, 0.5) is 0 Å². The molecule has 0 amide bonds. The van der Waals surface area contributed by atoms with Crippen LogP contribution in [0.15, 0.2) is 16.0 Å². The average molecular weight is 266 g/mol. The van der Waals surface area contributed by atoms with Gasteiger partial charge in [-0.15, -0.1) is 0 Å². The number of thioether (sulfide) groups is 1. The van der Waals surface area contributed by atoms with Crippen LogP contribution < -0.4 is 10.9 Å². The molecule has 1 aromatic rings. The molecule has 0 saturated carbocycles. The van der Waals surface area contributed by atoms with Crippen molar-refractivity contribution in [2.24, 2.45) is 0 Å². The molecule has 1 rings (SSSR count). The summed E-state index contributed by atoms with van der Waals surface area (Å²) in [6, 6.07) is 3.71. The van der Waals surface area contributed by atoms with E-state index in [2.05, 4.69) is 21.4 Å². The lowest BCUT2D eigenvalue weighted by Gasteiger charge is -2.23. The molecule has 0 fully saturated rings. The molecule has 0 bridgehead atoms. The summed E-state index contributed by atoms with van der Waals surface area (Å²) in [5, 5.41) is 12.9. The fourth-order valence-corrected chi connectivity index (χ4v) is 2.77. The fourth-order valence-electron chi connectivity index (χ4n) is 1.62. The highest BCUT2D eigenvalue weighted by molar-refractivity contribution is 7.99. The van der Waals surface area contributed by atoms with Gasteiger partial charge >= 0.3 is 0 Å². The first-order chi connectivity index (χ1) is 8.38. The topological polar surface area (TPSA) is 81.6 Å². The van der Waals surface area contributed by atoms with E-state index >= 15 is 0 Å². The lowest BCUT2D eigenvalue weighted by molar-refractivity contribution is 0.455. The Morgan fingerprint density at radius 2 is 2.39 bits per heavy atom. The van der Waals surface area contributed by atoms with Gasteiger partial charge in [0.2, 0.25) is 0 Å². The van der Waals surface area contributed by atoms with E-state index in [0.29, 0.717) is 17.3 Å². The zero-order valence-corrected chi connectivity index (χ0v) is 11.9. The molecule has 18 heavy (non-hydrogen) atoms. The summed E-state index contributed by atoms with van der Waals surface area (Å²) in [5.41, 5.74) is -0.00439. The van der Waals surface area contributed by atoms with E-state index in [1.165, 1.54) is 17.8 Å². The zero-order valence-electron chi connectivity index (χ0n) is 11.1. The highest BCUT2D eigenvalue weighted by Gasteiger charge is 2.25. The number of aromatic nitrogens is 2. The van der Waals surface area contributed by atoms with Crippen LogP contribution in [0.3, 0.4) is 0 Å². The molecule has 0 aromatic carbocycles. The van der Waals surface area contributed by atoms with Crippen molar-refractivity contribution in [1.82, 2.24) is 15.3 Å². The molecular formula is C12H18N4OS. The first-order valence-corrected chi connectivity index (χ1v) is 6.61. The molecule has 1 heterocycles. The minimum absolute atomic E-state index is 0.145. The predicted octanol–water partition coefficient (Wildman–Crippen LogP) is 1.45. The maximum atomic E-state index is 11.3. The largest absolute Gasteiger partial charge is 0.303 e. The Morgan fingerprint density at radius 3 is 2.89 bits per heavy atom. The van der Waals surface area contributed by atoms with Crippen LogP contribution in [0.1, 0.15) is 26.0 Å². The molecule has 2 N–H and O–H groups in total. The van der Waals surface area contributed by atoms with Crippen LogP contribution in [0, 0.1) is 18.3 Å². The molecule has 0 aliphatic carbocycles. The highest BCUT2D eigenvalue weighted by atomic mass is 32.2. The Kier molecular flexibility index (Phi) is 4.93. The molecule has 0 aliphatic heterocycles. The van der Waals surface area contributed by atoms with Crippen LogP contribution in [0.2, 0.25) is 0 Å². The van der Waals surface area contributed by atoms with Gasteiger partial charge in [-0.1, -0.05) is 18.7 Å². The van der Waals surface area contributed by atoms with E-state index in [0.717, 1.165) is 0 Å². The summed E-state index contributed by atoms with van der Waals surface area (Å²) in [6.07, 6.45) is 0.669. The summed E-state index contributed by atoms with van der Waals surface area (Å²) in [7, 11) is 1.77. The fraction of sp³-hybridized carbons (Fsp3) is 0.583. The van der Waals surface area contributed by atoms with Gasteiger partial charge in [-0.3, -0.25) is 4.79 Å². The predicted molar refractivity (Wildman–Crippen MR) is 72.6 cm³/mol. The molecular weight excluding hydrogens is 248 g/mol. The molecule has 98 valence electrons. The van der Waals surface area contributed by atoms with E-state index in [9.17, 15) is 4.79 Å². The Bertz CT molecular complexity index is 508. The van der Waals surface area contributed by atoms with Gasteiger partial charge in [-0.25, -0.2) is 4.98 Å². The Labute approximate surface area is 111 Å². The van der Waals surface area contributed by atoms with E-state index in [-0.39, 0.29) is 10.8 Å². The van der Waals surface area contributed by atoms with E-state index in [1.807, 2.05) is 13.8 Å². The third kappa shape index (κ3) is 4.17. The molecule has 0 spiro atoms. The SMILES string of the molecule is CNC(C)(C#N)CC(C)Sc1nc(C)cc(=O)[nH]1. The number of nitriles is 1. The summed E-state index contributed by atoms with van der Waals surface area (Å²) < 4.78 is 0. The van der Waals surface area contributed by atoms with Crippen molar-refractivity contribution in [2.75, 3.05) is 7.05 Å². The van der Waals surface area contributed by atoms with Crippen LogP contribution in [0.5, 0.6) is 0 Å². The second kappa shape index (κ2) is 6.03. The number of hydrogen-bond donors (Lipinski definition) is 2. The van der Waals surface area contributed by atoms with Crippen molar-refractivity contribution in [2.45, 2.75) is 43.1 Å². The lowest BCUT2D eigenvalue weighted by atomic mass is 9.98. The number of rotatable bonds is 5. The van der Waals surface area contributed by atoms with Crippen LogP contribution >= 0.6 is 11.8 Å². The third-order valence-corrected chi connectivity index (χ3v) is 3.64. The van der Waals surface area contributed by atoms with Crippen molar-refractivity contribution in [3.05, 3.63) is 22.1 Å². The highest BCUT2D eigenvalue weighted by Crippen LogP contribution is 2.25. The van der Waals surface area contributed by atoms with Gasteiger partial charge < -0.3 is 10.3 Å². The molecule has 2 atom stereocenters. The van der Waals surface area contributed by atoms with Crippen molar-refractivity contribution >= 4 is 11.8 Å². The maximum Gasteiger partial charge on any atom is 0.251 e. The van der Waals surface area contributed by atoms with Gasteiger partial charge in [-0.2, -0.15) is 5.26 Å². The monoisotopic (exact) mass is 266 g/mol. The quantitative estimate of drug-likeness (QED) is 0.622. The van der Waals surface area contributed by atoms with Crippen LogP contribution in [0.25, 0.3) is 0 Å². The number of hydrogen-bond acceptors (Lipinski definition) is 5. The molecule has 0 radical (unpaired) electrons. The van der Waals surface area contributed by atoms with Gasteiger partial charge in [0, 0.05) is 17.0 Å². The molecule has 0 aliphatic rings. The minimum atomic E-state index is -0.559. The lowest BCUT2D eigenvalue weighted by Crippen LogP contribution is -2.40. The second-order valence-corrected chi connectivity index (χ2v) is 5.95. The van der Waals surface area contributed by atoms with Gasteiger partial charge in [-0.05, 0) is 27.3 Å². The molecule has 1 aromatic heterocycles. The normalized spacial score (nSPS) is 15.7. The van der Waals surface area contributed by atoms with Crippen molar-refractivity contribution in [3.63, 3.8) is 0 Å². The Hall–Kier alpha value is -1.32. The number of nitrogens with one attached hydrogen (secondary N) is 2. The van der Waals surface area contributed by atoms with Crippen molar-refractivity contribution in [1.29, 1.82) is 5.26 Å². The third-order valence-electron chi connectivity index (χ3n) is 2.66. The number of nitrogens with zero attached hydrogens (tertiary/aromatic N) is 2. The molecule has 0 saturated heterocycles. The van der Waals surface area contributed by atoms with Crippen molar-refractivity contribution < 1.29 is 0 Å². The van der Waals surface area contributed by atoms with E-state index in [4.69, 9.17) is 5.26 Å². The standard InChI is InChI=1S/C12H18N4OS/c1-8-5-10(17)16-11(15-8)18-9(2)6-12(3,7-13)14-4/h5,9,14H,6H2,1-4H3,(H,15,16,17). The van der Waals surface area contributed by atoms with E-state index < -0.39 is 5.54 Å². The minimum Gasteiger partial charge on any atom is -0.303 e. The van der Waals surface area contributed by atoms with Crippen LogP contribution in [-0.2, 0) is 0 Å². The Morgan fingerprint density at radius 1 is 1.72 bits per heavy atom. The van der Waals surface area contributed by atoms with E-state index in [1.54, 1.807) is 14.0 Å². The van der Waals surface area contributed by atoms with Gasteiger partial charge in [0.05, 0.1) is 6.07 Å². The first-order valence-electron chi connectivity index (χ1n) is 5.73. The van der Waals surface area contributed by atoms with Crippen LogP contribution in [-0.4, -0.2) is 27.8 Å².